The minimum absolute atomic E-state index is 0.331. The van der Waals surface area contributed by atoms with E-state index in [1.54, 1.807) is 24.2 Å². The molecule has 1 fully saturated rings. The van der Waals surface area contributed by atoms with Crippen molar-refractivity contribution in [3.63, 3.8) is 0 Å². The van der Waals surface area contributed by atoms with E-state index in [0.717, 1.165) is 40.1 Å². The minimum Gasteiger partial charge on any atom is -0.453 e. The normalized spacial score (nSPS) is 16.5. The molecule has 4 aromatic rings. The first kappa shape index (κ1) is 39.0. The first-order chi connectivity index (χ1) is 25.9. The number of alkyl carbamates (subject to hydrolysis) is 2. The third kappa shape index (κ3) is 9.43. The molecule has 1 aliphatic rings. The van der Waals surface area contributed by atoms with E-state index in [-0.39, 0.29) is 6.04 Å². The Labute approximate surface area is 312 Å². The number of amides is 4. The van der Waals surface area contributed by atoms with E-state index in [0.29, 0.717) is 24.6 Å². The molecule has 16 nitrogen and oxygen atoms in total. The number of aliphatic hydroxyl groups excluding tert-OH is 2. The predicted molar refractivity (Wildman–Crippen MR) is 196 cm³/mol. The lowest BCUT2D eigenvalue weighted by atomic mass is 10.1. The summed E-state index contributed by atoms with van der Waals surface area (Å²) >= 11 is 0. The van der Waals surface area contributed by atoms with Gasteiger partial charge >= 0.3 is 12.2 Å². The van der Waals surface area contributed by atoms with Crippen LogP contribution in [-0.2, 0) is 19.1 Å². The van der Waals surface area contributed by atoms with Gasteiger partial charge in [0.2, 0.25) is 11.8 Å². The zero-order chi connectivity index (χ0) is 38.9. The van der Waals surface area contributed by atoms with Crippen LogP contribution in [0.15, 0.2) is 60.9 Å². The van der Waals surface area contributed by atoms with E-state index in [1.807, 2.05) is 48.5 Å². The molecule has 0 bridgehead atoms. The van der Waals surface area contributed by atoms with Crippen molar-refractivity contribution < 1.29 is 38.9 Å². The maximum Gasteiger partial charge on any atom is 0.407 e. The molecule has 284 valence electrons. The van der Waals surface area contributed by atoms with Crippen LogP contribution in [0.1, 0.15) is 68.5 Å². The maximum absolute atomic E-state index is 13.3. The van der Waals surface area contributed by atoms with Gasteiger partial charge < -0.3 is 50.5 Å². The Morgan fingerprint density at radius 2 is 1.30 bits per heavy atom. The van der Waals surface area contributed by atoms with Crippen LogP contribution in [0.4, 0.5) is 9.59 Å². The highest BCUT2D eigenvalue weighted by Gasteiger charge is 2.38. The van der Waals surface area contributed by atoms with Crippen molar-refractivity contribution in [2.45, 2.75) is 70.0 Å². The van der Waals surface area contributed by atoms with Crippen LogP contribution in [0.3, 0.4) is 0 Å². The number of carbonyl (C=O) groups excluding carboxylic acids is 4. The molecule has 5 rings (SSSR count). The minimum atomic E-state index is -1.20. The summed E-state index contributed by atoms with van der Waals surface area (Å²) in [7, 11) is 2.37. The van der Waals surface area contributed by atoms with E-state index in [1.165, 1.54) is 28.1 Å². The molecule has 7 N–H and O–H groups in total. The average molecular weight is 741 g/mol. The van der Waals surface area contributed by atoms with Gasteiger partial charge in [0, 0.05) is 17.7 Å². The molecule has 1 aliphatic heterocycles. The lowest BCUT2D eigenvalue weighted by Gasteiger charge is -2.29. The van der Waals surface area contributed by atoms with Crippen LogP contribution in [0.25, 0.3) is 22.5 Å². The number of nitrogens with one attached hydrogen (secondary N) is 5. The quantitative estimate of drug-likeness (QED) is 0.111. The number of rotatable bonds is 11. The van der Waals surface area contributed by atoms with Crippen LogP contribution < -0.4 is 16.0 Å². The Balaban J connectivity index is 1.19. The van der Waals surface area contributed by atoms with Crippen LogP contribution >= 0.6 is 0 Å². The molecule has 2 aromatic carbocycles. The average Bonchev–Trinajstić information content (AvgIpc) is 3.96. The summed E-state index contributed by atoms with van der Waals surface area (Å²) in [6, 6.07) is 12.1. The lowest BCUT2D eigenvalue weighted by molar-refractivity contribution is -0.137. The molecular weight excluding hydrogens is 696 g/mol. The summed E-state index contributed by atoms with van der Waals surface area (Å²) in [5.74, 6) is 6.48. The number of nitrogens with zero attached hydrogens (tertiary/aromatic N) is 3. The van der Waals surface area contributed by atoms with Crippen LogP contribution in [0, 0.1) is 11.8 Å². The summed E-state index contributed by atoms with van der Waals surface area (Å²) in [6.45, 7) is 5.03. The highest BCUT2D eigenvalue weighted by atomic mass is 16.5. The number of methoxy groups -OCH3 is 2. The second-order valence-corrected chi connectivity index (χ2v) is 12.9. The molecule has 0 radical (unpaired) electrons. The van der Waals surface area contributed by atoms with E-state index in [4.69, 9.17) is 0 Å². The number of aromatic amines is 2. The summed E-state index contributed by atoms with van der Waals surface area (Å²) < 4.78 is 9.16. The number of carbonyl (C=O) groups is 4. The number of aliphatic hydroxyl groups is 2. The van der Waals surface area contributed by atoms with Crippen molar-refractivity contribution in [2.75, 3.05) is 20.8 Å². The molecule has 0 aliphatic carbocycles. The molecule has 1 saturated heterocycles. The molecule has 0 saturated carbocycles. The largest absolute Gasteiger partial charge is 0.453 e. The van der Waals surface area contributed by atoms with E-state index < -0.39 is 54.3 Å². The first-order valence-electron chi connectivity index (χ1n) is 17.4. The van der Waals surface area contributed by atoms with Gasteiger partial charge in [-0.25, -0.2) is 19.6 Å². The van der Waals surface area contributed by atoms with Gasteiger partial charge in [0.05, 0.1) is 62.3 Å². The van der Waals surface area contributed by atoms with Gasteiger partial charge in [-0.05, 0) is 69.0 Å². The van der Waals surface area contributed by atoms with Crippen LogP contribution in [-0.4, -0.2) is 104 Å². The highest BCUT2D eigenvalue weighted by Crippen LogP contribution is 2.32. The van der Waals surface area contributed by atoms with Crippen molar-refractivity contribution in [3.8, 4) is 34.4 Å². The second-order valence-electron chi connectivity index (χ2n) is 12.9. The SMILES string of the molecule is COC(=O)NC(C(=O)NC(C)c1ncc(-c2ccc(C#Cc3ccc(-c4cnc(C5CCCN5C(=O)C(NC(=O)OC)C(C)O)[nH]4)cc3)cc2)[nH]1)C(C)O. The Morgan fingerprint density at radius 3 is 1.83 bits per heavy atom. The van der Waals surface area contributed by atoms with E-state index >= 15 is 0 Å². The van der Waals surface area contributed by atoms with Crippen molar-refractivity contribution in [3.05, 3.63) is 83.7 Å². The summed E-state index contributed by atoms with van der Waals surface area (Å²) in [5, 5.41) is 27.6. The van der Waals surface area contributed by atoms with E-state index in [9.17, 15) is 29.4 Å². The van der Waals surface area contributed by atoms with E-state index in [2.05, 4.69) is 57.2 Å². The maximum atomic E-state index is 13.3. The molecule has 6 unspecified atom stereocenters. The third-order valence-corrected chi connectivity index (χ3v) is 8.99. The fraction of sp³-hybridized carbons (Fsp3) is 0.368. The Hall–Kier alpha value is -6.18. The molecule has 16 heteroatoms. The number of ether oxygens (including phenoxy) is 2. The Morgan fingerprint density at radius 1 is 0.778 bits per heavy atom. The highest BCUT2D eigenvalue weighted by molar-refractivity contribution is 5.87. The van der Waals surface area contributed by atoms with Gasteiger partial charge in [0.15, 0.2) is 0 Å². The first-order valence-corrected chi connectivity index (χ1v) is 17.4. The van der Waals surface area contributed by atoms with Gasteiger partial charge in [0.25, 0.3) is 0 Å². The molecular formula is C38H44N8O8. The summed E-state index contributed by atoms with van der Waals surface area (Å²) in [6.07, 6.45) is 0.928. The third-order valence-electron chi connectivity index (χ3n) is 8.99. The molecule has 4 amide bonds. The number of hydrogen-bond donors (Lipinski definition) is 7. The molecule has 3 heterocycles. The number of aromatic nitrogens is 4. The van der Waals surface area contributed by atoms with Crippen LogP contribution in [0.5, 0.6) is 0 Å². The van der Waals surface area contributed by atoms with Gasteiger partial charge in [-0.3, -0.25) is 9.59 Å². The number of benzene rings is 2. The fourth-order valence-electron chi connectivity index (χ4n) is 6.00. The van der Waals surface area contributed by atoms with Gasteiger partial charge in [-0.1, -0.05) is 36.1 Å². The van der Waals surface area contributed by atoms with Gasteiger partial charge in [0.1, 0.15) is 23.7 Å². The molecule has 54 heavy (non-hydrogen) atoms. The monoisotopic (exact) mass is 740 g/mol. The second kappa shape index (κ2) is 17.6. The number of imidazole rings is 2. The molecule has 6 atom stereocenters. The van der Waals surface area contributed by atoms with Crippen molar-refractivity contribution >= 4 is 24.0 Å². The Kier molecular flexibility index (Phi) is 12.7. The summed E-state index contributed by atoms with van der Waals surface area (Å²) in [4.78, 5) is 66.5. The molecule has 2 aromatic heterocycles. The molecule has 0 spiro atoms. The topological polar surface area (TPSA) is 224 Å². The number of H-pyrrole nitrogens is 2. The van der Waals surface area contributed by atoms with Crippen molar-refractivity contribution in [1.82, 2.24) is 40.8 Å². The van der Waals surface area contributed by atoms with Crippen molar-refractivity contribution in [1.29, 1.82) is 0 Å². The van der Waals surface area contributed by atoms with Gasteiger partial charge in [-0.2, -0.15) is 0 Å². The van der Waals surface area contributed by atoms with Crippen molar-refractivity contribution in [2.24, 2.45) is 0 Å². The standard InChI is InChI=1S/C38H44N8O8/c1-21(41-35(49)31(22(2)47)44-37(51)53-4)33-39-19-28(42-33)26-14-10-24(11-15-26)8-9-25-12-16-27(17-13-25)29-20-40-34(43-29)30-7-6-18-46(30)36(50)32(23(3)48)45-38(52)54-5/h10-17,19-23,30-32,47-48H,6-7,18H2,1-5H3,(H,39,42)(H,40,43)(H,41,49)(H,44,51)(H,45,52). The van der Waals surface area contributed by atoms with Gasteiger partial charge in [-0.15, -0.1) is 0 Å². The smallest absolute Gasteiger partial charge is 0.407 e. The zero-order valence-corrected chi connectivity index (χ0v) is 30.5. The zero-order valence-electron chi connectivity index (χ0n) is 30.5. The Bertz CT molecular complexity index is 1990. The number of hydrogen-bond acceptors (Lipinski definition) is 10. The van der Waals surface area contributed by atoms with Crippen LogP contribution in [0.2, 0.25) is 0 Å². The fourth-order valence-corrected chi connectivity index (χ4v) is 6.00. The summed E-state index contributed by atoms with van der Waals surface area (Å²) in [5.41, 5.74) is 4.88. The number of likely N-dealkylation sites (tertiary alicyclic amines) is 1. The lowest BCUT2D eigenvalue weighted by Crippen LogP contribution is -2.53. The predicted octanol–water partition coefficient (Wildman–Crippen LogP) is 2.92.